The fourth-order valence-electron chi connectivity index (χ4n) is 2.48. The number of nitrogens with zero attached hydrogens (tertiary/aromatic N) is 5. The Bertz CT molecular complexity index is 947. The minimum atomic E-state index is -0.379. The number of rotatable bonds is 3. The molecule has 3 aromatic rings. The summed E-state index contributed by atoms with van der Waals surface area (Å²) < 4.78 is 4.24. The van der Waals surface area contributed by atoms with E-state index in [-0.39, 0.29) is 17.8 Å². The largest absolute Gasteiger partial charge is 0.332 e. The fraction of sp³-hybridized carbons (Fsp3) is 0.333. The van der Waals surface area contributed by atoms with E-state index in [1.165, 1.54) is 15.5 Å². The lowest BCUT2D eigenvalue weighted by Gasteiger charge is -2.09. The van der Waals surface area contributed by atoms with Gasteiger partial charge in [0, 0.05) is 26.0 Å². The quantitative estimate of drug-likeness (QED) is 0.703. The predicted octanol–water partition coefficient (Wildman–Crippen LogP) is 0.439. The normalized spacial score (nSPS) is 11.2. The number of imidazole rings is 1. The maximum atomic E-state index is 12.6. The number of hydrogen-bond donors (Lipinski definition) is 0. The van der Waals surface area contributed by atoms with Gasteiger partial charge in [0.1, 0.15) is 0 Å². The van der Waals surface area contributed by atoms with E-state index in [2.05, 4.69) is 9.97 Å². The van der Waals surface area contributed by atoms with Crippen LogP contribution in [0.25, 0.3) is 11.2 Å². The molecule has 0 aliphatic carbocycles. The van der Waals surface area contributed by atoms with Crippen LogP contribution in [0, 0.1) is 0 Å². The van der Waals surface area contributed by atoms with Crippen LogP contribution in [0.5, 0.6) is 0 Å². The van der Waals surface area contributed by atoms with Crippen LogP contribution in [0.4, 0.5) is 0 Å². The molecule has 7 heteroatoms. The van der Waals surface area contributed by atoms with Crippen LogP contribution in [-0.4, -0.2) is 23.7 Å². The summed E-state index contributed by atoms with van der Waals surface area (Å²) in [5, 5.41) is 0. The van der Waals surface area contributed by atoms with E-state index in [1.807, 2.05) is 19.1 Å². The van der Waals surface area contributed by atoms with Crippen molar-refractivity contribution in [2.24, 2.45) is 14.1 Å². The van der Waals surface area contributed by atoms with Crippen molar-refractivity contribution >= 4 is 11.2 Å². The van der Waals surface area contributed by atoms with Gasteiger partial charge in [-0.15, -0.1) is 0 Å². The second kappa shape index (κ2) is 5.25. The topological polar surface area (TPSA) is 74.7 Å². The molecule has 0 amide bonds. The molecule has 0 N–H and O–H groups in total. The molecule has 0 aliphatic rings. The number of fused-ring (bicyclic) bond motifs is 1. The predicted molar refractivity (Wildman–Crippen MR) is 82.9 cm³/mol. The summed E-state index contributed by atoms with van der Waals surface area (Å²) in [4.78, 5) is 33.4. The van der Waals surface area contributed by atoms with Gasteiger partial charge in [0.2, 0.25) is 0 Å². The Hall–Kier alpha value is -2.70. The zero-order valence-corrected chi connectivity index (χ0v) is 12.8. The van der Waals surface area contributed by atoms with Crippen molar-refractivity contribution in [1.29, 1.82) is 0 Å². The second-order valence-corrected chi connectivity index (χ2v) is 5.27. The first-order chi connectivity index (χ1) is 10.5. The molecule has 22 heavy (non-hydrogen) atoms. The summed E-state index contributed by atoms with van der Waals surface area (Å²) in [7, 11) is 3.36. The van der Waals surface area contributed by atoms with Crippen LogP contribution in [-0.2, 0) is 27.1 Å². The van der Waals surface area contributed by atoms with E-state index in [0.717, 1.165) is 17.7 Å². The molecule has 0 bridgehead atoms. The van der Waals surface area contributed by atoms with Crippen molar-refractivity contribution in [2.45, 2.75) is 19.9 Å². The SMILES string of the molecule is CCc1ccc(Cn2c(=O)c3c(ncn3C)n(C)c2=O)cn1. The number of aryl methyl sites for hydroxylation is 3. The van der Waals surface area contributed by atoms with Crippen LogP contribution in [0.3, 0.4) is 0 Å². The second-order valence-electron chi connectivity index (χ2n) is 5.27. The van der Waals surface area contributed by atoms with Gasteiger partial charge in [0.25, 0.3) is 5.56 Å². The van der Waals surface area contributed by atoms with Crippen LogP contribution >= 0.6 is 0 Å². The van der Waals surface area contributed by atoms with Gasteiger partial charge in [-0.1, -0.05) is 13.0 Å². The molecule has 0 spiro atoms. The van der Waals surface area contributed by atoms with Gasteiger partial charge in [-0.2, -0.15) is 0 Å². The molecular weight excluding hydrogens is 282 g/mol. The molecule has 114 valence electrons. The summed E-state index contributed by atoms with van der Waals surface area (Å²) in [6.45, 7) is 2.22. The van der Waals surface area contributed by atoms with E-state index in [4.69, 9.17) is 0 Å². The van der Waals surface area contributed by atoms with Crippen LogP contribution in [0.15, 0.2) is 34.2 Å². The Morgan fingerprint density at radius 1 is 1.14 bits per heavy atom. The van der Waals surface area contributed by atoms with Crippen molar-refractivity contribution in [1.82, 2.24) is 23.7 Å². The van der Waals surface area contributed by atoms with E-state index in [1.54, 1.807) is 24.9 Å². The first-order valence-electron chi connectivity index (χ1n) is 7.07. The highest BCUT2D eigenvalue weighted by atomic mass is 16.2. The molecule has 0 radical (unpaired) electrons. The van der Waals surface area contributed by atoms with Crippen molar-refractivity contribution in [2.75, 3.05) is 0 Å². The Balaban J connectivity index is 2.16. The molecule has 0 saturated heterocycles. The van der Waals surface area contributed by atoms with Crippen molar-refractivity contribution in [3.05, 3.63) is 56.8 Å². The van der Waals surface area contributed by atoms with Gasteiger partial charge >= 0.3 is 5.69 Å². The summed E-state index contributed by atoms with van der Waals surface area (Å²) in [6, 6.07) is 3.80. The summed E-state index contributed by atoms with van der Waals surface area (Å²) >= 11 is 0. The maximum Gasteiger partial charge on any atom is 0.332 e. The third-order valence-corrected chi connectivity index (χ3v) is 3.79. The minimum Gasteiger partial charge on any atom is -0.328 e. The molecule has 0 unspecified atom stereocenters. The molecule has 3 rings (SSSR count). The Kier molecular flexibility index (Phi) is 3.40. The fourth-order valence-corrected chi connectivity index (χ4v) is 2.48. The van der Waals surface area contributed by atoms with Gasteiger partial charge in [-0.3, -0.25) is 18.9 Å². The molecule has 7 nitrogen and oxygen atoms in total. The average Bonchev–Trinajstić information content (AvgIpc) is 2.92. The van der Waals surface area contributed by atoms with Gasteiger partial charge < -0.3 is 4.57 Å². The first-order valence-corrected chi connectivity index (χ1v) is 7.07. The monoisotopic (exact) mass is 299 g/mol. The molecule has 0 aliphatic heterocycles. The van der Waals surface area contributed by atoms with E-state index < -0.39 is 0 Å². The molecule has 0 fully saturated rings. The maximum absolute atomic E-state index is 12.6. The van der Waals surface area contributed by atoms with Gasteiger partial charge in [-0.05, 0) is 18.1 Å². The van der Waals surface area contributed by atoms with Crippen LogP contribution < -0.4 is 11.2 Å². The van der Waals surface area contributed by atoms with Gasteiger partial charge in [-0.25, -0.2) is 9.78 Å². The smallest absolute Gasteiger partial charge is 0.328 e. The molecule has 0 atom stereocenters. The van der Waals surface area contributed by atoms with Gasteiger partial charge in [0.15, 0.2) is 11.2 Å². The van der Waals surface area contributed by atoms with Crippen molar-refractivity contribution < 1.29 is 0 Å². The zero-order chi connectivity index (χ0) is 15.9. The summed E-state index contributed by atoms with van der Waals surface area (Å²) in [6.07, 6.45) is 4.09. The third kappa shape index (κ3) is 2.14. The average molecular weight is 299 g/mol. The minimum absolute atomic E-state index is 0.198. The summed E-state index contributed by atoms with van der Waals surface area (Å²) in [5.41, 5.74) is 1.89. The number of pyridine rings is 1. The third-order valence-electron chi connectivity index (χ3n) is 3.79. The van der Waals surface area contributed by atoms with E-state index in [0.29, 0.717) is 11.2 Å². The van der Waals surface area contributed by atoms with Crippen molar-refractivity contribution in [3.63, 3.8) is 0 Å². The van der Waals surface area contributed by atoms with Crippen LogP contribution in [0.1, 0.15) is 18.2 Å². The first kappa shape index (κ1) is 14.2. The molecule has 3 heterocycles. The van der Waals surface area contributed by atoms with E-state index >= 15 is 0 Å². The lowest BCUT2D eigenvalue weighted by molar-refractivity contribution is 0.653. The Labute approximate surface area is 126 Å². The molecule has 0 aromatic carbocycles. The zero-order valence-electron chi connectivity index (χ0n) is 12.8. The number of hydrogen-bond acceptors (Lipinski definition) is 4. The summed E-state index contributed by atoms with van der Waals surface area (Å²) in [5.74, 6) is 0. The van der Waals surface area contributed by atoms with E-state index in [9.17, 15) is 9.59 Å². The lowest BCUT2D eigenvalue weighted by atomic mass is 10.2. The van der Waals surface area contributed by atoms with Gasteiger partial charge in [0.05, 0.1) is 12.9 Å². The Morgan fingerprint density at radius 3 is 2.55 bits per heavy atom. The Morgan fingerprint density at radius 2 is 1.91 bits per heavy atom. The molecule has 3 aromatic heterocycles. The molecular formula is C15H17N5O2. The highest BCUT2D eigenvalue weighted by Gasteiger charge is 2.15. The number of aromatic nitrogens is 5. The van der Waals surface area contributed by atoms with Crippen molar-refractivity contribution in [3.8, 4) is 0 Å². The molecule has 0 saturated carbocycles. The standard InChI is InChI=1S/C15H17N5O2/c1-4-11-6-5-10(7-16-11)8-20-14(21)12-13(17-9-18(12)2)19(3)15(20)22/h5-7,9H,4,8H2,1-3H3. The highest BCUT2D eigenvalue weighted by Crippen LogP contribution is 2.05. The lowest BCUT2D eigenvalue weighted by Crippen LogP contribution is -2.39. The highest BCUT2D eigenvalue weighted by molar-refractivity contribution is 5.69. The van der Waals surface area contributed by atoms with Crippen LogP contribution in [0.2, 0.25) is 0 Å².